The summed E-state index contributed by atoms with van der Waals surface area (Å²) in [5, 5.41) is 10.5. The Bertz CT molecular complexity index is 1190. The highest BCUT2D eigenvalue weighted by Crippen LogP contribution is 2.41. The van der Waals surface area contributed by atoms with Crippen molar-refractivity contribution in [2.45, 2.75) is 30.8 Å². The summed E-state index contributed by atoms with van der Waals surface area (Å²) in [5.74, 6) is 5.88. The second-order valence-corrected chi connectivity index (χ2v) is 7.77. The third-order valence-corrected chi connectivity index (χ3v) is 5.56. The lowest BCUT2D eigenvalue weighted by molar-refractivity contribution is -0.137. The number of rotatable bonds is 2. The van der Waals surface area contributed by atoms with Gasteiger partial charge in [0.1, 0.15) is 11.8 Å². The molecule has 6 heteroatoms. The topological polar surface area (TPSA) is 79.2 Å². The van der Waals surface area contributed by atoms with E-state index >= 15 is 0 Å². The maximum Gasteiger partial charge on any atom is 0.267 e. The van der Waals surface area contributed by atoms with E-state index in [0.717, 1.165) is 46.4 Å². The van der Waals surface area contributed by atoms with Crippen LogP contribution in [0.4, 0.5) is 0 Å². The highest BCUT2D eigenvalue weighted by atomic mass is 16.3. The van der Waals surface area contributed by atoms with Gasteiger partial charge in [-0.2, -0.15) is 0 Å². The Labute approximate surface area is 168 Å². The Morgan fingerprint density at radius 1 is 1.21 bits per heavy atom. The van der Waals surface area contributed by atoms with Gasteiger partial charge in [-0.15, -0.1) is 0 Å². The predicted molar refractivity (Wildman–Crippen MR) is 109 cm³/mol. The number of aromatic nitrogens is 3. The van der Waals surface area contributed by atoms with Gasteiger partial charge in [-0.1, -0.05) is 24.0 Å². The molecule has 1 unspecified atom stereocenters. The number of carbonyl (C=O) groups is 1. The van der Waals surface area contributed by atoms with Gasteiger partial charge in [0.25, 0.3) is 5.91 Å². The van der Waals surface area contributed by atoms with Gasteiger partial charge in [-0.25, -0.2) is 15.0 Å². The van der Waals surface area contributed by atoms with Crippen molar-refractivity contribution in [2.75, 3.05) is 13.6 Å². The van der Waals surface area contributed by atoms with E-state index in [-0.39, 0.29) is 5.91 Å². The van der Waals surface area contributed by atoms with Crippen LogP contribution in [-0.4, -0.2) is 50.1 Å². The highest BCUT2D eigenvalue weighted by Gasteiger charge is 2.42. The van der Waals surface area contributed by atoms with Crippen LogP contribution in [-0.2, 0) is 4.79 Å². The van der Waals surface area contributed by atoms with Crippen LogP contribution in [0.1, 0.15) is 36.4 Å². The Balaban J connectivity index is 1.50. The van der Waals surface area contributed by atoms with Gasteiger partial charge < -0.3 is 10.0 Å². The molecule has 2 aliphatic rings. The Kier molecular flexibility index (Phi) is 4.07. The average molecular weight is 384 g/mol. The molecule has 6 nitrogen and oxygen atoms in total. The van der Waals surface area contributed by atoms with Crippen molar-refractivity contribution in [3.8, 4) is 23.1 Å². The molecule has 1 aromatic carbocycles. The number of carbonyl (C=O) groups excluding carboxylic acids is 1. The molecule has 1 N–H and O–H groups in total. The van der Waals surface area contributed by atoms with E-state index in [1.165, 1.54) is 4.90 Å². The lowest BCUT2D eigenvalue weighted by Crippen LogP contribution is -2.37. The second-order valence-electron chi connectivity index (χ2n) is 7.77. The van der Waals surface area contributed by atoms with Gasteiger partial charge in [-0.05, 0) is 37.1 Å². The summed E-state index contributed by atoms with van der Waals surface area (Å²) < 4.78 is 0. The number of aliphatic hydroxyl groups is 1. The first-order valence-corrected chi connectivity index (χ1v) is 9.77. The maximum absolute atomic E-state index is 12.1. The lowest BCUT2D eigenvalue weighted by Gasteiger charge is -2.13. The van der Waals surface area contributed by atoms with Crippen LogP contribution >= 0.6 is 0 Å². The summed E-state index contributed by atoms with van der Waals surface area (Å²) in [7, 11) is 1.67. The number of hydrogen-bond donors (Lipinski definition) is 1. The molecule has 2 fully saturated rings. The van der Waals surface area contributed by atoms with E-state index in [2.05, 4.69) is 21.8 Å². The predicted octanol–water partition coefficient (Wildman–Crippen LogP) is 2.51. The number of likely N-dealkylation sites (tertiary alicyclic amines) is 1. The van der Waals surface area contributed by atoms with E-state index in [9.17, 15) is 9.90 Å². The molecule has 29 heavy (non-hydrogen) atoms. The molecule has 1 saturated carbocycles. The summed E-state index contributed by atoms with van der Waals surface area (Å²) >= 11 is 0. The number of benzene rings is 1. The minimum atomic E-state index is -1.59. The van der Waals surface area contributed by atoms with Gasteiger partial charge in [0.15, 0.2) is 0 Å². The molecule has 0 spiro atoms. The number of hydrogen-bond acceptors (Lipinski definition) is 5. The summed E-state index contributed by atoms with van der Waals surface area (Å²) in [6.45, 7) is 0.510. The minimum Gasteiger partial charge on any atom is -0.369 e. The number of likely N-dealkylation sites (N-methyl/N-ethyl adjacent to an activating group) is 1. The molecule has 1 atom stereocenters. The third-order valence-electron chi connectivity index (χ3n) is 5.56. The summed E-state index contributed by atoms with van der Waals surface area (Å²) in [5.41, 5.74) is 3.62. The Morgan fingerprint density at radius 3 is 2.83 bits per heavy atom. The zero-order valence-corrected chi connectivity index (χ0v) is 16.1. The van der Waals surface area contributed by atoms with Crippen molar-refractivity contribution in [1.82, 2.24) is 19.9 Å². The first-order valence-electron chi connectivity index (χ1n) is 9.77. The normalized spacial score (nSPS) is 21.3. The van der Waals surface area contributed by atoms with Crippen LogP contribution < -0.4 is 0 Å². The highest BCUT2D eigenvalue weighted by molar-refractivity contribution is 5.90. The van der Waals surface area contributed by atoms with Crippen molar-refractivity contribution in [2.24, 2.45) is 0 Å². The number of nitrogens with zero attached hydrogens (tertiary/aromatic N) is 4. The fourth-order valence-corrected chi connectivity index (χ4v) is 3.68. The van der Waals surface area contributed by atoms with E-state index in [1.807, 2.05) is 36.4 Å². The fourth-order valence-electron chi connectivity index (χ4n) is 3.68. The molecule has 1 aliphatic heterocycles. The monoisotopic (exact) mass is 384 g/mol. The molecule has 0 bridgehead atoms. The van der Waals surface area contributed by atoms with Gasteiger partial charge in [0.2, 0.25) is 5.60 Å². The Morgan fingerprint density at radius 2 is 2.07 bits per heavy atom. The van der Waals surface area contributed by atoms with E-state index < -0.39 is 5.60 Å². The number of amides is 1. The smallest absolute Gasteiger partial charge is 0.267 e. The average Bonchev–Trinajstić information content (AvgIpc) is 3.56. The summed E-state index contributed by atoms with van der Waals surface area (Å²) in [6, 6.07) is 11.6. The third kappa shape index (κ3) is 3.24. The number of fused-ring (bicyclic) bond motifs is 1. The molecule has 1 amide bonds. The van der Waals surface area contributed by atoms with Crippen LogP contribution in [0, 0.1) is 11.8 Å². The molecule has 0 radical (unpaired) electrons. The molecule has 5 rings (SSSR count). The SMILES string of the molecule is CN1CCC(O)(C#Cc2cccc(-c3ccc4ncnc(C5CC5)c4n3)c2)C1=O. The van der Waals surface area contributed by atoms with Crippen LogP contribution in [0.15, 0.2) is 42.7 Å². The quantitative estimate of drug-likeness (QED) is 0.687. The molecule has 1 saturated heterocycles. The lowest BCUT2D eigenvalue weighted by atomic mass is 10.0. The molecule has 3 heterocycles. The summed E-state index contributed by atoms with van der Waals surface area (Å²) in [6.07, 6.45) is 4.24. The largest absolute Gasteiger partial charge is 0.369 e. The first kappa shape index (κ1) is 17.8. The second kappa shape index (κ2) is 6.64. The van der Waals surface area contributed by atoms with Crippen LogP contribution in [0.2, 0.25) is 0 Å². The first-order chi connectivity index (χ1) is 14.0. The van der Waals surface area contributed by atoms with Crippen LogP contribution in [0.5, 0.6) is 0 Å². The van der Waals surface area contributed by atoms with Crippen molar-refractivity contribution in [3.63, 3.8) is 0 Å². The Hall–Kier alpha value is -3.30. The molecule has 144 valence electrons. The van der Waals surface area contributed by atoms with Gasteiger partial charge in [-0.3, -0.25) is 4.79 Å². The van der Waals surface area contributed by atoms with E-state index in [0.29, 0.717) is 18.9 Å². The van der Waals surface area contributed by atoms with E-state index in [4.69, 9.17) is 4.98 Å². The molecular formula is C23H20N4O2. The van der Waals surface area contributed by atoms with Crippen LogP contribution in [0.25, 0.3) is 22.3 Å². The zero-order chi connectivity index (χ0) is 20.0. The number of pyridine rings is 1. The van der Waals surface area contributed by atoms with Crippen molar-refractivity contribution >= 4 is 16.9 Å². The molecule has 1 aliphatic carbocycles. The summed E-state index contributed by atoms with van der Waals surface area (Å²) in [4.78, 5) is 27.2. The van der Waals surface area contributed by atoms with Crippen molar-refractivity contribution < 1.29 is 9.90 Å². The van der Waals surface area contributed by atoms with E-state index in [1.54, 1.807) is 13.4 Å². The minimum absolute atomic E-state index is 0.325. The van der Waals surface area contributed by atoms with Crippen molar-refractivity contribution in [3.05, 3.63) is 54.0 Å². The standard InChI is InChI=1S/C23H20N4O2/c1-27-12-11-23(29,22(27)28)10-9-15-3-2-4-17(13-15)18-7-8-19-21(26-18)20(16-5-6-16)25-14-24-19/h2-4,7-8,13-14,16,29H,5-6,11-12H2,1H3. The maximum atomic E-state index is 12.1. The van der Waals surface area contributed by atoms with Gasteiger partial charge >= 0.3 is 0 Å². The molecule has 3 aromatic rings. The fraction of sp³-hybridized carbons (Fsp3) is 0.304. The molecular weight excluding hydrogens is 364 g/mol. The molecule has 2 aromatic heterocycles. The van der Waals surface area contributed by atoms with Gasteiger partial charge in [0, 0.05) is 37.1 Å². The van der Waals surface area contributed by atoms with Gasteiger partial charge in [0.05, 0.1) is 16.9 Å². The zero-order valence-electron chi connectivity index (χ0n) is 16.1. The van der Waals surface area contributed by atoms with Crippen molar-refractivity contribution in [1.29, 1.82) is 0 Å². The van der Waals surface area contributed by atoms with Crippen LogP contribution in [0.3, 0.4) is 0 Å².